The van der Waals surface area contributed by atoms with Crippen LogP contribution in [0, 0.1) is 0 Å². The highest BCUT2D eigenvalue weighted by molar-refractivity contribution is 5.14. The first-order chi connectivity index (χ1) is 8.75. The molecule has 2 rings (SSSR count). The topological polar surface area (TPSA) is 16.1 Å². The zero-order valence-electron chi connectivity index (χ0n) is 11.1. The lowest BCUT2D eigenvalue weighted by Crippen LogP contribution is -2.30. The fraction of sp³-hybridized carbons (Fsp3) is 0.312. The number of hydrogen-bond donors (Lipinski definition) is 0. The fourth-order valence-corrected chi connectivity index (χ4v) is 2.00. The molecule has 2 heteroatoms. The molecule has 0 unspecified atom stereocenters. The largest absolute Gasteiger partial charge is 0.299 e. The van der Waals surface area contributed by atoms with E-state index in [4.69, 9.17) is 0 Å². The predicted octanol–water partition coefficient (Wildman–Crippen LogP) is 3.14. The number of rotatable bonds is 5. The van der Waals surface area contributed by atoms with E-state index in [0.29, 0.717) is 6.04 Å². The number of likely N-dealkylation sites (N-methyl/N-ethyl adjacent to an activating group) is 1. The predicted molar refractivity (Wildman–Crippen MR) is 75.3 cm³/mol. The van der Waals surface area contributed by atoms with E-state index in [1.807, 2.05) is 18.3 Å². The maximum atomic E-state index is 4.38. The Bertz CT molecular complexity index is 408. The van der Waals surface area contributed by atoms with E-state index in [-0.39, 0.29) is 0 Å². The molecule has 94 valence electrons. The number of benzene rings is 1. The minimum absolute atomic E-state index is 0.486. The molecule has 0 aliphatic heterocycles. The minimum atomic E-state index is 0.486. The smallest absolute Gasteiger partial charge is 0.0419 e. The highest BCUT2D eigenvalue weighted by Crippen LogP contribution is 2.09. The van der Waals surface area contributed by atoms with Crippen molar-refractivity contribution in [2.75, 3.05) is 7.05 Å². The highest BCUT2D eigenvalue weighted by Gasteiger charge is 2.10. The van der Waals surface area contributed by atoms with E-state index < -0.39 is 0 Å². The fourth-order valence-electron chi connectivity index (χ4n) is 2.00. The molecule has 1 atom stereocenters. The molecule has 0 saturated carbocycles. The van der Waals surface area contributed by atoms with Crippen molar-refractivity contribution in [1.82, 2.24) is 9.88 Å². The molecule has 1 aromatic carbocycles. The van der Waals surface area contributed by atoms with Gasteiger partial charge in [0.25, 0.3) is 0 Å². The van der Waals surface area contributed by atoms with E-state index >= 15 is 0 Å². The van der Waals surface area contributed by atoms with Gasteiger partial charge < -0.3 is 0 Å². The standard InChI is InChI=1S/C16H20N2/c1-14(12-16-10-6-7-11-17-16)18(2)13-15-8-4-3-5-9-15/h3-11,14H,12-13H2,1-2H3/t14-/m0/s1. The summed E-state index contributed by atoms with van der Waals surface area (Å²) in [4.78, 5) is 6.75. The van der Waals surface area contributed by atoms with Gasteiger partial charge in [-0.1, -0.05) is 36.4 Å². The van der Waals surface area contributed by atoms with Crippen LogP contribution in [0.2, 0.25) is 0 Å². The normalized spacial score (nSPS) is 12.6. The van der Waals surface area contributed by atoms with Gasteiger partial charge in [0, 0.05) is 30.9 Å². The van der Waals surface area contributed by atoms with Crippen LogP contribution in [0.5, 0.6) is 0 Å². The van der Waals surface area contributed by atoms with Gasteiger partial charge in [-0.05, 0) is 31.7 Å². The molecule has 18 heavy (non-hydrogen) atoms. The van der Waals surface area contributed by atoms with Crippen LogP contribution < -0.4 is 0 Å². The Kier molecular flexibility index (Phi) is 4.48. The summed E-state index contributed by atoms with van der Waals surface area (Å²) >= 11 is 0. The molecule has 1 aromatic heterocycles. The summed E-state index contributed by atoms with van der Waals surface area (Å²) in [6, 6.07) is 17.2. The summed E-state index contributed by atoms with van der Waals surface area (Å²) in [5, 5.41) is 0. The van der Waals surface area contributed by atoms with E-state index in [1.165, 1.54) is 5.56 Å². The van der Waals surface area contributed by atoms with Crippen LogP contribution in [0.1, 0.15) is 18.2 Å². The molecule has 0 radical (unpaired) electrons. The van der Waals surface area contributed by atoms with Crippen molar-refractivity contribution in [3.8, 4) is 0 Å². The first-order valence-corrected chi connectivity index (χ1v) is 6.40. The molecule has 1 heterocycles. The highest BCUT2D eigenvalue weighted by atomic mass is 15.1. The Morgan fingerprint density at radius 1 is 1.06 bits per heavy atom. The number of nitrogens with zero attached hydrogens (tertiary/aromatic N) is 2. The molecule has 0 spiro atoms. The van der Waals surface area contributed by atoms with Crippen molar-refractivity contribution in [2.24, 2.45) is 0 Å². The first kappa shape index (κ1) is 12.8. The Balaban J connectivity index is 1.91. The third-order valence-electron chi connectivity index (χ3n) is 3.26. The summed E-state index contributed by atoms with van der Waals surface area (Å²) in [6.07, 6.45) is 2.85. The Morgan fingerprint density at radius 2 is 1.78 bits per heavy atom. The molecular weight excluding hydrogens is 220 g/mol. The molecule has 0 saturated heterocycles. The molecule has 0 aliphatic carbocycles. The van der Waals surface area contributed by atoms with Crippen molar-refractivity contribution in [1.29, 1.82) is 0 Å². The summed E-state index contributed by atoms with van der Waals surface area (Å²) in [6.45, 7) is 3.23. The quantitative estimate of drug-likeness (QED) is 0.798. The third-order valence-corrected chi connectivity index (χ3v) is 3.26. The first-order valence-electron chi connectivity index (χ1n) is 6.40. The van der Waals surface area contributed by atoms with E-state index in [9.17, 15) is 0 Å². The second-order valence-corrected chi connectivity index (χ2v) is 4.77. The van der Waals surface area contributed by atoms with Crippen LogP contribution in [-0.2, 0) is 13.0 Å². The molecule has 0 amide bonds. The van der Waals surface area contributed by atoms with E-state index in [2.05, 4.69) is 60.3 Å². The number of aromatic nitrogens is 1. The maximum Gasteiger partial charge on any atom is 0.0419 e. The van der Waals surface area contributed by atoms with Crippen molar-refractivity contribution < 1.29 is 0 Å². The van der Waals surface area contributed by atoms with Crippen LogP contribution in [0.25, 0.3) is 0 Å². The SMILES string of the molecule is C[C@@H](Cc1ccccn1)N(C)Cc1ccccc1. The zero-order chi connectivity index (χ0) is 12.8. The average Bonchev–Trinajstić information content (AvgIpc) is 2.41. The maximum absolute atomic E-state index is 4.38. The van der Waals surface area contributed by atoms with E-state index in [0.717, 1.165) is 18.7 Å². The average molecular weight is 240 g/mol. The number of hydrogen-bond acceptors (Lipinski definition) is 2. The summed E-state index contributed by atoms with van der Waals surface area (Å²) in [7, 11) is 2.17. The van der Waals surface area contributed by atoms with Crippen LogP contribution in [0.3, 0.4) is 0 Å². The molecular formula is C16H20N2. The van der Waals surface area contributed by atoms with Gasteiger partial charge in [0.2, 0.25) is 0 Å². The lowest BCUT2D eigenvalue weighted by atomic mass is 10.1. The number of pyridine rings is 1. The van der Waals surface area contributed by atoms with Crippen molar-refractivity contribution in [3.05, 3.63) is 66.0 Å². The van der Waals surface area contributed by atoms with Gasteiger partial charge in [-0.15, -0.1) is 0 Å². The summed E-state index contributed by atoms with van der Waals surface area (Å²) < 4.78 is 0. The van der Waals surface area contributed by atoms with Crippen LogP contribution in [0.15, 0.2) is 54.7 Å². The Morgan fingerprint density at radius 3 is 2.44 bits per heavy atom. The van der Waals surface area contributed by atoms with E-state index in [1.54, 1.807) is 0 Å². The molecule has 0 aliphatic rings. The van der Waals surface area contributed by atoms with Gasteiger partial charge in [0.15, 0.2) is 0 Å². The van der Waals surface area contributed by atoms with Gasteiger partial charge in [0.05, 0.1) is 0 Å². The molecule has 0 fully saturated rings. The third kappa shape index (κ3) is 3.67. The van der Waals surface area contributed by atoms with Crippen molar-refractivity contribution >= 4 is 0 Å². The molecule has 0 N–H and O–H groups in total. The van der Waals surface area contributed by atoms with Crippen LogP contribution >= 0.6 is 0 Å². The molecule has 0 bridgehead atoms. The molecule has 2 nitrogen and oxygen atoms in total. The van der Waals surface area contributed by atoms with Crippen LogP contribution in [0.4, 0.5) is 0 Å². The molecule has 2 aromatic rings. The Hall–Kier alpha value is -1.67. The summed E-state index contributed by atoms with van der Waals surface area (Å²) in [5.74, 6) is 0. The second kappa shape index (κ2) is 6.31. The Labute approximate surface area is 109 Å². The van der Waals surface area contributed by atoms with Gasteiger partial charge in [-0.3, -0.25) is 9.88 Å². The monoisotopic (exact) mass is 240 g/mol. The van der Waals surface area contributed by atoms with Crippen LogP contribution in [-0.4, -0.2) is 23.0 Å². The zero-order valence-corrected chi connectivity index (χ0v) is 11.1. The minimum Gasteiger partial charge on any atom is -0.299 e. The van der Waals surface area contributed by atoms with Gasteiger partial charge in [0.1, 0.15) is 0 Å². The van der Waals surface area contributed by atoms with Gasteiger partial charge in [-0.2, -0.15) is 0 Å². The summed E-state index contributed by atoms with van der Waals surface area (Å²) in [5.41, 5.74) is 2.51. The van der Waals surface area contributed by atoms with Gasteiger partial charge >= 0.3 is 0 Å². The van der Waals surface area contributed by atoms with Crippen molar-refractivity contribution in [3.63, 3.8) is 0 Å². The lowest BCUT2D eigenvalue weighted by Gasteiger charge is -2.24. The van der Waals surface area contributed by atoms with Crippen molar-refractivity contribution in [2.45, 2.75) is 25.9 Å². The second-order valence-electron chi connectivity index (χ2n) is 4.77. The lowest BCUT2D eigenvalue weighted by molar-refractivity contribution is 0.247. The van der Waals surface area contributed by atoms with Gasteiger partial charge in [-0.25, -0.2) is 0 Å².